The molecule has 254 valence electrons. The summed E-state index contributed by atoms with van der Waals surface area (Å²) in [4.78, 5) is 53.7. The monoisotopic (exact) mass is 705 g/mol. The van der Waals surface area contributed by atoms with Crippen LogP contribution in [0.2, 0.25) is 5.02 Å². The van der Waals surface area contributed by atoms with Gasteiger partial charge in [-0.05, 0) is 52.0 Å². The van der Waals surface area contributed by atoms with E-state index in [0.717, 1.165) is 17.0 Å². The first-order valence-corrected chi connectivity index (χ1v) is 18.4. The van der Waals surface area contributed by atoms with E-state index in [1.165, 1.54) is 15.6 Å². The fourth-order valence-corrected chi connectivity index (χ4v) is 8.82. The van der Waals surface area contributed by atoms with Crippen LogP contribution >= 0.6 is 22.9 Å². The number of halogens is 1. The van der Waals surface area contributed by atoms with Crippen LogP contribution in [0.25, 0.3) is 10.9 Å². The van der Waals surface area contributed by atoms with Gasteiger partial charge in [0.1, 0.15) is 10.6 Å². The first-order chi connectivity index (χ1) is 22.2. The average Bonchev–Trinajstić information content (AvgIpc) is 3.64. The van der Waals surface area contributed by atoms with Crippen LogP contribution in [0.1, 0.15) is 54.5 Å². The molecular weight excluding hydrogens is 666 g/mol. The van der Waals surface area contributed by atoms with E-state index in [2.05, 4.69) is 22.2 Å². The van der Waals surface area contributed by atoms with Crippen LogP contribution in [-0.2, 0) is 32.5 Å². The van der Waals surface area contributed by atoms with Crippen LogP contribution in [-0.4, -0.2) is 119 Å². The van der Waals surface area contributed by atoms with E-state index in [-0.39, 0.29) is 48.9 Å². The number of nitrogens with one attached hydrogen (secondary N) is 2. The van der Waals surface area contributed by atoms with E-state index >= 15 is 0 Å². The number of rotatable bonds is 5. The van der Waals surface area contributed by atoms with E-state index in [9.17, 15) is 22.8 Å². The average molecular weight is 706 g/mol. The molecule has 3 aliphatic rings. The second-order valence-electron chi connectivity index (χ2n) is 13.3. The van der Waals surface area contributed by atoms with Gasteiger partial charge >= 0.3 is 6.09 Å². The number of H-pyrrole nitrogens is 1. The Kier molecular flexibility index (Phi) is 9.30. The largest absolute Gasteiger partial charge is 0.444 e. The summed E-state index contributed by atoms with van der Waals surface area (Å²) in [7, 11) is -3.99. The number of ether oxygens (including phenoxy) is 1. The molecule has 2 fully saturated rings. The molecule has 2 aromatic heterocycles. The Labute approximate surface area is 283 Å². The van der Waals surface area contributed by atoms with Gasteiger partial charge in [-0.3, -0.25) is 9.59 Å². The van der Waals surface area contributed by atoms with Crippen LogP contribution < -0.4 is 5.32 Å². The van der Waals surface area contributed by atoms with E-state index in [0.29, 0.717) is 53.7 Å². The number of nitrogens with zero attached hydrogens (tertiary/aromatic N) is 5. The molecule has 2 N–H and O–H groups in total. The molecule has 5 heterocycles. The van der Waals surface area contributed by atoms with Crippen molar-refractivity contribution in [1.82, 2.24) is 34.3 Å². The Morgan fingerprint density at radius 2 is 1.79 bits per heavy atom. The molecule has 1 aromatic carbocycles. The Morgan fingerprint density at radius 1 is 1.06 bits per heavy atom. The Hall–Kier alpha value is -3.24. The van der Waals surface area contributed by atoms with Crippen molar-refractivity contribution in [2.24, 2.45) is 0 Å². The zero-order valence-corrected chi connectivity index (χ0v) is 29.3. The predicted molar refractivity (Wildman–Crippen MR) is 178 cm³/mol. The molecule has 0 saturated carbocycles. The summed E-state index contributed by atoms with van der Waals surface area (Å²) in [5, 5.41) is 4.92. The van der Waals surface area contributed by atoms with Crippen LogP contribution in [0.15, 0.2) is 29.3 Å². The molecule has 3 amide bonds. The minimum Gasteiger partial charge on any atom is -0.444 e. The fourth-order valence-electron chi connectivity index (χ4n) is 6.16. The molecule has 2 atom stereocenters. The lowest BCUT2D eigenvalue weighted by Gasteiger charge is -2.41. The number of piperazine rings is 2. The lowest BCUT2D eigenvalue weighted by Crippen LogP contribution is -2.58. The lowest BCUT2D eigenvalue weighted by atomic mass is 10.1. The maximum atomic E-state index is 14.0. The van der Waals surface area contributed by atoms with Crippen molar-refractivity contribution < 1.29 is 27.5 Å². The SMILES string of the molecule is CC1Cc2nc(C(=O)N3CCN(S(=O)(=O)c4cc5cc(Cl)ccc5[nH]4)CC3CC(=O)N3CCN(C(=O)OC(C)(C)C)CC3)sc2CN1. The highest BCUT2D eigenvalue weighted by atomic mass is 35.5. The third kappa shape index (κ3) is 7.28. The highest BCUT2D eigenvalue weighted by Crippen LogP contribution is 2.29. The predicted octanol–water partition coefficient (Wildman–Crippen LogP) is 3.30. The van der Waals surface area contributed by atoms with Gasteiger partial charge in [0.2, 0.25) is 5.91 Å². The lowest BCUT2D eigenvalue weighted by molar-refractivity contribution is -0.134. The number of benzene rings is 1. The van der Waals surface area contributed by atoms with Crippen LogP contribution in [0.4, 0.5) is 4.79 Å². The minimum atomic E-state index is -3.99. The normalized spacial score (nSPS) is 21.2. The Morgan fingerprint density at radius 3 is 2.51 bits per heavy atom. The number of thiazole rings is 1. The number of aromatic amines is 1. The van der Waals surface area contributed by atoms with Gasteiger partial charge in [-0.2, -0.15) is 4.31 Å². The second kappa shape index (κ2) is 13.0. The van der Waals surface area contributed by atoms with E-state index in [1.807, 2.05) is 0 Å². The van der Waals surface area contributed by atoms with Crippen molar-refractivity contribution in [3.05, 3.63) is 44.9 Å². The number of sulfonamides is 1. The molecule has 13 nitrogen and oxygen atoms in total. The topological polar surface area (TPSA) is 148 Å². The Bertz CT molecular complexity index is 1790. The summed E-state index contributed by atoms with van der Waals surface area (Å²) in [6.45, 7) is 9.47. The molecular formula is C31H40ClN7O6S2. The summed E-state index contributed by atoms with van der Waals surface area (Å²) in [5.74, 6) is -0.519. The molecule has 2 unspecified atom stereocenters. The molecule has 3 aliphatic heterocycles. The maximum Gasteiger partial charge on any atom is 0.410 e. The molecule has 16 heteroatoms. The van der Waals surface area contributed by atoms with Gasteiger partial charge in [0.25, 0.3) is 15.9 Å². The molecule has 47 heavy (non-hydrogen) atoms. The van der Waals surface area contributed by atoms with Crippen LogP contribution in [0, 0.1) is 0 Å². The Balaban J connectivity index is 1.21. The molecule has 0 aliphatic carbocycles. The first-order valence-electron chi connectivity index (χ1n) is 15.7. The van der Waals surface area contributed by atoms with Gasteiger partial charge in [-0.25, -0.2) is 18.2 Å². The maximum absolute atomic E-state index is 14.0. The van der Waals surface area contributed by atoms with Crippen molar-refractivity contribution >= 4 is 61.8 Å². The summed E-state index contributed by atoms with van der Waals surface area (Å²) >= 11 is 7.47. The van der Waals surface area contributed by atoms with E-state index < -0.39 is 27.8 Å². The quantitative estimate of drug-likeness (QED) is 0.411. The van der Waals surface area contributed by atoms with Crippen molar-refractivity contribution in [2.75, 3.05) is 45.8 Å². The van der Waals surface area contributed by atoms with Gasteiger partial charge in [0, 0.05) is 92.0 Å². The van der Waals surface area contributed by atoms with Gasteiger partial charge in [-0.15, -0.1) is 11.3 Å². The highest BCUT2D eigenvalue weighted by molar-refractivity contribution is 7.89. The third-order valence-electron chi connectivity index (χ3n) is 8.65. The van der Waals surface area contributed by atoms with Gasteiger partial charge in [0.05, 0.1) is 11.7 Å². The van der Waals surface area contributed by atoms with Crippen molar-refractivity contribution in [3.8, 4) is 0 Å². The van der Waals surface area contributed by atoms with E-state index in [4.69, 9.17) is 16.3 Å². The number of amides is 3. The van der Waals surface area contributed by atoms with Gasteiger partial charge in [-0.1, -0.05) is 11.6 Å². The molecule has 2 saturated heterocycles. The molecule has 0 bridgehead atoms. The fraction of sp³-hybridized carbons (Fsp3) is 0.548. The minimum absolute atomic E-state index is 0.0205. The number of aromatic nitrogens is 2. The highest BCUT2D eigenvalue weighted by Gasteiger charge is 2.40. The zero-order chi connectivity index (χ0) is 33.7. The number of fused-ring (bicyclic) bond motifs is 2. The van der Waals surface area contributed by atoms with Crippen LogP contribution in [0.5, 0.6) is 0 Å². The third-order valence-corrected chi connectivity index (χ3v) is 11.8. The number of hydrogen-bond donors (Lipinski definition) is 2. The molecule has 0 spiro atoms. The molecule has 6 rings (SSSR count). The van der Waals surface area contributed by atoms with Crippen molar-refractivity contribution in [1.29, 1.82) is 0 Å². The van der Waals surface area contributed by atoms with Crippen molar-refractivity contribution in [2.45, 2.75) is 69.8 Å². The standard InChI is InChI=1S/C31H40ClN7O6S2/c1-19-13-24-25(17-33-19)46-28(35-24)29(41)39-12-11-38(47(43,44)26-15-20-14-21(32)5-6-23(20)34-26)18-22(39)16-27(40)36-7-9-37(10-8-36)30(42)45-31(2,3)4/h5-6,14-15,19,22,33-34H,7-13,16-18H2,1-4H3. The van der Waals surface area contributed by atoms with Gasteiger partial charge in [0.15, 0.2) is 5.01 Å². The zero-order valence-electron chi connectivity index (χ0n) is 26.9. The number of carbonyl (C=O) groups is 3. The second-order valence-corrected chi connectivity index (χ2v) is 16.7. The van der Waals surface area contributed by atoms with Crippen molar-refractivity contribution in [3.63, 3.8) is 0 Å². The summed E-state index contributed by atoms with van der Waals surface area (Å²) in [6.07, 6.45) is 0.221. The molecule has 3 aromatic rings. The number of hydrogen-bond acceptors (Lipinski definition) is 9. The number of carbonyl (C=O) groups excluding carboxylic acids is 3. The molecule has 0 radical (unpaired) electrons. The summed E-state index contributed by atoms with van der Waals surface area (Å²) in [6, 6.07) is 6.18. The van der Waals surface area contributed by atoms with Crippen LogP contribution in [0.3, 0.4) is 0 Å². The van der Waals surface area contributed by atoms with Gasteiger partial charge < -0.3 is 29.7 Å². The first kappa shape index (κ1) is 33.7. The smallest absolute Gasteiger partial charge is 0.410 e. The van der Waals surface area contributed by atoms with E-state index in [1.54, 1.807) is 59.7 Å². The summed E-state index contributed by atoms with van der Waals surface area (Å²) < 4.78 is 34.6. The summed E-state index contributed by atoms with van der Waals surface area (Å²) in [5.41, 5.74) is 0.911.